The van der Waals surface area contributed by atoms with Crippen LogP contribution in [0.4, 0.5) is 17.1 Å². The summed E-state index contributed by atoms with van der Waals surface area (Å²) >= 11 is 0. The maximum atomic E-state index is 9.47. The summed E-state index contributed by atoms with van der Waals surface area (Å²) in [5.41, 5.74) is 2.83. The van der Waals surface area contributed by atoms with Crippen molar-refractivity contribution < 1.29 is 16.8 Å². The number of hydrogen-bond donors (Lipinski definition) is 0. The van der Waals surface area contributed by atoms with Crippen LogP contribution in [0, 0.1) is 0 Å². The molecular weight excluding hydrogens is 558 g/mol. The summed E-state index contributed by atoms with van der Waals surface area (Å²) in [4.78, 5) is 1.29. The fourth-order valence-corrected chi connectivity index (χ4v) is 6.29. The Morgan fingerprint density at radius 2 is 1.17 bits per heavy atom. The van der Waals surface area contributed by atoms with E-state index >= 15 is 0 Å². The van der Waals surface area contributed by atoms with Crippen LogP contribution in [0.15, 0.2) is 180 Å². The molecular formula is C44H29NO. The Bertz CT molecular complexity index is 3010. The quantitative estimate of drug-likeness (QED) is 0.196. The summed E-state index contributed by atoms with van der Waals surface area (Å²) in [5, 5.41) is 5.39. The molecule has 0 fully saturated rings. The molecule has 0 aliphatic heterocycles. The molecule has 0 aliphatic carbocycles. The lowest BCUT2D eigenvalue weighted by Gasteiger charge is -2.28. The van der Waals surface area contributed by atoms with Crippen molar-refractivity contribution in [3.63, 3.8) is 0 Å². The highest BCUT2D eigenvalue weighted by molar-refractivity contribution is 6.19. The van der Waals surface area contributed by atoms with E-state index in [4.69, 9.17) is 11.3 Å². The molecule has 0 saturated carbocycles. The molecule has 0 saturated heterocycles. The van der Waals surface area contributed by atoms with Crippen molar-refractivity contribution in [1.82, 2.24) is 0 Å². The van der Waals surface area contributed by atoms with Crippen molar-refractivity contribution in [2.75, 3.05) is 4.90 Å². The van der Waals surface area contributed by atoms with Crippen molar-refractivity contribution in [3.8, 4) is 22.3 Å². The molecule has 46 heavy (non-hydrogen) atoms. The van der Waals surface area contributed by atoms with E-state index in [9.17, 15) is 5.48 Å². The highest BCUT2D eigenvalue weighted by Gasteiger charge is 2.20. The van der Waals surface area contributed by atoms with Crippen LogP contribution in [0.2, 0.25) is 0 Å². The van der Waals surface area contributed by atoms with E-state index in [1.165, 1.54) is 4.90 Å². The smallest absolute Gasteiger partial charge is 0.143 e. The fourth-order valence-electron chi connectivity index (χ4n) is 6.29. The van der Waals surface area contributed by atoms with Crippen LogP contribution in [0.25, 0.3) is 65.7 Å². The van der Waals surface area contributed by atoms with Crippen LogP contribution in [0.1, 0.15) is 12.3 Å². The average Bonchev–Trinajstić information content (AvgIpc) is 3.61. The van der Waals surface area contributed by atoms with Gasteiger partial charge in [0.25, 0.3) is 0 Å². The number of rotatable bonds is 5. The molecule has 0 atom stereocenters. The van der Waals surface area contributed by atoms with Gasteiger partial charge in [-0.1, -0.05) is 127 Å². The zero-order valence-electron chi connectivity index (χ0n) is 33.4. The molecule has 1 heterocycles. The van der Waals surface area contributed by atoms with Crippen molar-refractivity contribution >= 4 is 60.5 Å². The molecule has 0 unspecified atom stereocenters. The third-order valence-corrected chi connectivity index (χ3v) is 8.41. The minimum absolute atomic E-state index is 0.0839. The molecule has 8 aromatic carbocycles. The first-order valence-corrected chi connectivity index (χ1v) is 15.0. The molecule has 0 amide bonds. The summed E-state index contributed by atoms with van der Waals surface area (Å²) < 4.78 is 87.7. The summed E-state index contributed by atoms with van der Waals surface area (Å²) in [5.74, 6) is 0. The number of fused-ring (bicyclic) bond motifs is 6. The fraction of sp³-hybridized carbons (Fsp3) is 0. The van der Waals surface area contributed by atoms with E-state index in [0.717, 1.165) is 32.3 Å². The van der Waals surface area contributed by atoms with Gasteiger partial charge in [-0.15, -0.1) is 0 Å². The summed E-state index contributed by atoms with van der Waals surface area (Å²) in [6.07, 6.45) is 0. The SMILES string of the molecule is [2H]c1c([2H])c([2H])c(N(c2ccccc2-c2cccc3oc4c5ccccc5ccc4c23)c2c([2H])c([2H])c(-c3ccc4ccccc4c3)c([2H])c2[2H])c([2H])c1[2H]. The molecule has 0 bridgehead atoms. The van der Waals surface area contributed by atoms with E-state index in [1.807, 2.05) is 103 Å². The molecule has 0 aliphatic rings. The lowest BCUT2D eigenvalue weighted by Crippen LogP contribution is -2.11. The van der Waals surface area contributed by atoms with E-state index in [-0.39, 0.29) is 34.7 Å². The third-order valence-electron chi connectivity index (χ3n) is 8.41. The molecule has 0 spiro atoms. The first-order chi connectivity index (χ1) is 26.6. The van der Waals surface area contributed by atoms with Crippen molar-refractivity contribution in [1.29, 1.82) is 0 Å². The molecule has 2 heteroatoms. The Morgan fingerprint density at radius 1 is 0.478 bits per heavy atom. The predicted molar refractivity (Wildman–Crippen MR) is 194 cm³/mol. The number of para-hydroxylation sites is 2. The molecule has 9 rings (SSSR count). The van der Waals surface area contributed by atoms with Crippen LogP contribution in [0.3, 0.4) is 0 Å². The maximum Gasteiger partial charge on any atom is 0.143 e. The predicted octanol–water partition coefficient (Wildman–Crippen LogP) is 12.7. The van der Waals surface area contributed by atoms with Crippen molar-refractivity contribution in [3.05, 3.63) is 176 Å². The summed E-state index contributed by atoms with van der Waals surface area (Å²) in [6, 6.07) is 33.2. The van der Waals surface area contributed by atoms with Gasteiger partial charge >= 0.3 is 0 Å². The van der Waals surface area contributed by atoms with Crippen LogP contribution in [-0.2, 0) is 0 Å². The van der Waals surface area contributed by atoms with E-state index in [2.05, 4.69) is 0 Å². The molecule has 0 radical (unpaired) electrons. The average molecular weight is 597 g/mol. The van der Waals surface area contributed by atoms with Gasteiger partial charge in [-0.05, 0) is 81.3 Å². The van der Waals surface area contributed by atoms with Gasteiger partial charge in [0.15, 0.2) is 0 Å². The zero-order chi connectivity index (χ0) is 38.3. The van der Waals surface area contributed by atoms with Crippen LogP contribution < -0.4 is 4.90 Å². The maximum absolute atomic E-state index is 9.47. The second-order valence-electron chi connectivity index (χ2n) is 11.1. The van der Waals surface area contributed by atoms with Gasteiger partial charge in [-0.25, -0.2) is 0 Å². The van der Waals surface area contributed by atoms with Crippen molar-refractivity contribution in [2.45, 2.75) is 0 Å². The number of nitrogens with zero attached hydrogens (tertiary/aromatic N) is 1. The Kier molecular flexibility index (Phi) is 4.37. The molecule has 216 valence electrons. The normalized spacial score (nSPS) is 14.2. The number of hydrogen-bond acceptors (Lipinski definition) is 2. The largest absolute Gasteiger partial charge is 0.455 e. The Balaban J connectivity index is 1.36. The van der Waals surface area contributed by atoms with Crippen LogP contribution in [0.5, 0.6) is 0 Å². The summed E-state index contributed by atoms with van der Waals surface area (Å²) in [6.45, 7) is 0. The van der Waals surface area contributed by atoms with E-state index in [1.54, 1.807) is 18.2 Å². The molecule has 0 N–H and O–H groups in total. The highest BCUT2D eigenvalue weighted by atomic mass is 16.3. The van der Waals surface area contributed by atoms with Crippen molar-refractivity contribution in [2.24, 2.45) is 0 Å². The molecule has 9 aromatic rings. The molecule has 1 aromatic heterocycles. The highest BCUT2D eigenvalue weighted by Crippen LogP contribution is 2.45. The first-order valence-electron chi connectivity index (χ1n) is 19.5. The number of anilines is 3. The first kappa shape index (κ1) is 18.6. The van der Waals surface area contributed by atoms with Crippen LogP contribution in [-0.4, -0.2) is 0 Å². The number of furan rings is 1. The van der Waals surface area contributed by atoms with Gasteiger partial charge in [0, 0.05) is 33.1 Å². The van der Waals surface area contributed by atoms with Crippen LogP contribution >= 0.6 is 0 Å². The zero-order valence-corrected chi connectivity index (χ0v) is 24.4. The van der Waals surface area contributed by atoms with Gasteiger partial charge in [0.2, 0.25) is 0 Å². The third kappa shape index (κ3) is 4.35. The van der Waals surface area contributed by atoms with E-state index < -0.39 is 42.3 Å². The monoisotopic (exact) mass is 596 g/mol. The Hall–Kier alpha value is -6.12. The van der Waals surface area contributed by atoms with Gasteiger partial charge in [-0.3, -0.25) is 0 Å². The Labute approximate surface area is 280 Å². The van der Waals surface area contributed by atoms with Gasteiger partial charge in [0.1, 0.15) is 11.2 Å². The second-order valence-corrected chi connectivity index (χ2v) is 11.1. The topological polar surface area (TPSA) is 16.4 Å². The van der Waals surface area contributed by atoms with Gasteiger partial charge in [0.05, 0.1) is 18.0 Å². The summed E-state index contributed by atoms with van der Waals surface area (Å²) in [7, 11) is 0. The molecule has 2 nitrogen and oxygen atoms in total. The number of benzene rings is 8. The van der Waals surface area contributed by atoms with E-state index in [0.29, 0.717) is 27.9 Å². The second kappa shape index (κ2) is 10.8. The minimum Gasteiger partial charge on any atom is -0.455 e. The lowest BCUT2D eigenvalue weighted by molar-refractivity contribution is 0.673. The van der Waals surface area contributed by atoms with Gasteiger partial charge < -0.3 is 9.32 Å². The van der Waals surface area contributed by atoms with Gasteiger partial charge in [-0.2, -0.15) is 0 Å². The standard InChI is InChI=1S/C44H29NO/c1-2-14-35(15-3-1)45(36-26-23-31(24-27-36)34-22-21-30-11-4-5-13-33(30)29-34)41-19-9-8-17-38(41)39-18-10-20-42-43(39)40-28-25-32-12-6-7-16-37(32)44(40)46-42/h1-29H/i1D,2D,3D,14D,15D,23D,24D,26D,27D. The Morgan fingerprint density at radius 3 is 2.04 bits per heavy atom. The lowest BCUT2D eigenvalue weighted by atomic mass is 9.96. The minimum atomic E-state index is -0.601.